The molecule has 0 radical (unpaired) electrons. The predicted molar refractivity (Wildman–Crippen MR) is 99.3 cm³/mol. The number of hydrogen-bond donors (Lipinski definition) is 1. The van der Waals surface area contributed by atoms with Crippen molar-refractivity contribution in [2.24, 2.45) is 0 Å². The lowest BCUT2D eigenvalue weighted by Crippen LogP contribution is -2.43. The van der Waals surface area contributed by atoms with Crippen LogP contribution >= 0.6 is 11.3 Å². The molecular formula is C18H14F3N5OS. The molecular weight excluding hydrogens is 391 g/mol. The number of nitrogens with one attached hydrogen (secondary N) is 1. The minimum Gasteiger partial charge on any atom is -0.340 e. The van der Waals surface area contributed by atoms with E-state index in [-0.39, 0.29) is 11.2 Å². The van der Waals surface area contributed by atoms with Gasteiger partial charge < -0.3 is 5.32 Å². The van der Waals surface area contributed by atoms with Gasteiger partial charge in [0, 0.05) is 11.3 Å². The summed E-state index contributed by atoms with van der Waals surface area (Å²) >= 11 is 1.47. The number of amides is 1. The molecule has 0 aliphatic carbocycles. The van der Waals surface area contributed by atoms with Crippen LogP contribution in [0.4, 0.5) is 13.2 Å². The largest absolute Gasteiger partial charge is 0.408 e. The Balaban J connectivity index is 1.81. The third kappa shape index (κ3) is 3.09. The number of fused-ring (bicyclic) bond motifs is 2. The van der Waals surface area contributed by atoms with Crippen molar-refractivity contribution in [1.29, 1.82) is 0 Å². The van der Waals surface area contributed by atoms with E-state index in [1.165, 1.54) is 22.0 Å². The second-order valence-corrected chi connectivity index (χ2v) is 7.17. The number of thiazole rings is 1. The van der Waals surface area contributed by atoms with Gasteiger partial charge in [-0.05, 0) is 26.0 Å². The molecule has 4 rings (SSSR count). The third-order valence-corrected chi connectivity index (χ3v) is 5.24. The molecule has 1 aromatic carbocycles. The monoisotopic (exact) mass is 405 g/mol. The van der Waals surface area contributed by atoms with Crippen LogP contribution in [-0.2, 0) is 0 Å². The first kappa shape index (κ1) is 18.4. The van der Waals surface area contributed by atoms with Gasteiger partial charge in [-0.1, -0.05) is 12.1 Å². The van der Waals surface area contributed by atoms with E-state index in [0.717, 1.165) is 22.7 Å². The molecule has 1 amide bonds. The summed E-state index contributed by atoms with van der Waals surface area (Å²) in [4.78, 5) is 21.2. The Morgan fingerprint density at radius 1 is 1.32 bits per heavy atom. The first-order valence-corrected chi connectivity index (χ1v) is 9.19. The standard InChI is InChI=1S/C18H14F3N5OS/c1-9-6-14(11-4-3-5-13-15(11)28-8-22-13)25-16-12(7-23-26(9)16)17(27)24-10(2)18(19,20)21/h3-8,10H,1-2H3,(H,24,27). The van der Waals surface area contributed by atoms with Crippen molar-refractivity contribution in [2.45, 2.75) is 26.1 Å². The van der Waals surface area contributed by atoms with Gasteiger partial charge in [-0.25, -0.2) is 14.5 Å². The second kappa shape index (κ2) is 6.55. The van der Waals surface area contributed by atoms with E-state index in [9.17, 15) is 18.0 Å². The highest BCUT2D eigenvalue weighted by atomic mass is 32.1. The lowest BCUT2D eigenvalue weighted by atomic mass is 10.1. The number of benzene rings is 1. The van der Waals surface area contributed by atoms with E-state index >= 15 is 0 Å². The molecule has 0 aliphatic rings. The summed E-state index contributed by atoms with van der Waals surface area (Å²) in [5, 5.41) is 6.05. The quantitative estimate of drug-likeness (QED) is 0.559. The summed E-state index contributed by atoms with van der Waals surface area (Å²) < 4.78 is 40.7. The van der Waals surface area contributed by atoms with Crippen molar-refractivity contribution in [3.05, 3.63) is 47.2 Å². The molecule has 0 saturated heterocycles. The van der Waals surface area contributed by atoms with Crippen molar-refractivity contribution < 1.29 is 18.0 Å². The van der Waals surface area contributed by atoms with Gasteiger partial charge in [-0.3, -0.25) is 4.79 Å². The van der Waals surface area contributed by atoms with Gasteiger partial charge in [-0.15, -0.1) is 11.3 Å². The summed E-state index contributed by atoms with van der Waals surface area (Å²) in [7, 11) is 0. The topological polar surface area (TPSA) is 72.2 Å². The second-order valence-electron chi connectivity index (χ2n) is 6.32. The van der Waals surface area contributed by atoms with Crippen LogP contribution in [0.25, 0.3) is 27.1 Å². The van der Waals surface area contributed by atoms with E-state index in [2.05, 4.69) is 15.1 Å². The van der Waals surface area contributed by atoms with Crippen molar-refractivity contribution in [3.63, 3.8) is 0 Å². The van der Waals surface area contributed by atoms with Gasteiger partial charge in [0.1, 0.15) is 11.6 Å². The summed E-state index contributed by atoms with van der Waals surface area (Å²) in [5.74, 6) is -0.875. The normalized spacial score (nSPS) is 13.2. The molecule has 1 N–H and O–H groups in total. The average molecular weight is 405 g/mol. The van der Waals surface area contributed by atoms with Gasteiger partial charge in [0.25, 0.3) is 5.91 Å². The first-order valence-electron chi connectivity index (χ1n) is 8.31. The fourth-order valence-electron chi connectivity index (χ4n) is 2.86. The maximum atomic E-state index is 12.8. The number of aryl methyl sites for hydroxylation is 1. The lowest BCUT2D eigenvalue weighted by Gasteiger charge is -2.16. The number of rotatable bonds is 3. The van der Waals surface area contributed by atoms with Crippen molar-refractivity contribution in [1.82, 2.24) is 24.9 Å². The smallest absolute Gasteiger partial charge is 0.340 e. The Bertz CT molecular complexity index is 1200. The van der Waals surface area contributed by atoms with Crippen LogP contribution in [0.5, 0.6) is 0 Å². The molecule has 10 heteroatoms. The summed E-state index contributed by atoms with van der Waals surface area (Å²) in [6.07, 6.45) is -3.31. The molecule has 0 bridgehead atoms. The Kier molecular flexibility index (Phi) is 4.30. The van der Waals surface area contributed by atoms with E-state index in [4.69, 9.17) is 0 Å². The van der Waals surface area contributed by atoms with Gasteiger partial charge in [-0.2, -0.15) is 18.3 Å². The number of alkyl halides is 3. The van der Waals surface area contributed by atoms with E-state index in [1.807, 2.05) is 29.6 Å². The molecule has 144 valence electrons. The molecule has 3 aromatic heterocycles. The highest BCUT2D eigenvalue weighted by molar-refractivity contribution is 7.17. The molecule has 0 aliphatic heterocycles. The molecule has 0 spiro atoms. The predicted octanol–water partition coefficient (Wildman–Crippen LogP) is 4.00. The molecule has 4 aromatic rings. The average Bonchev–Trinajstić information content (AvgIpc) is 3.27. The third-order valence-electron chi connectivity index (χ3n) is 4.37. The Morgan fingerprint density at radius 3 is 2.86 bits per heavy atom. The highest BCUT2D eigenvalue weighted by Gasteiger charge is 2.37. The minimum atomic E-state index is -4.53. The maximum absolute atomic E-state index is 12.8. The number of nitrogens with zero attached hydrogens (tertiary/aromatic N) is 4. The van der Waals surface area contributed by atoms with Crippen LogP contribution in [0.2, 0.25) is 0 Å². The zero-order valence-electron chi connectivity index (χ0n) is 14.8. The molecule has 28 heavy (non-hydrogen) atoms. The zero-order chi connectivity index (χ0) is 20.1. The van der Waals surface area contributed by atoms with Gasteiger partial charge in [0.2, 0.25) is 0 Å². The molecule has 0 saturated carbocycles. The highest BCUT2D eigenvalue weighted by Crippen LogP contribution is 2.31. The Morgan fingerprint density at radius 2 is 2.11 bits per heavy atom. The van der Waals surface area contributed by atoms with E-state index < -0.39 is 18.1 Å². The number of carbonyl (C=O) groups excluding carboxylic acids is 1. The van der Waals surface area contributed by atoms with Crippen LogP contribution in [0.15, 0.2) is 36.0 Å². The number of hydrogen-bond acceptors (Lipinski definition) is 5. The van der Waals surface area contributed by atoms with Crippen LogP contribution in [0, 0.1) is 6.92 Å². The first-order chi connectivity index (χ1) is 13.3. The SMILES string of the molecule is Cc1cc(-c2cccc3ncsc23)nc2c(C(=O)NC(C)C(F)(F)F)cnn12. The summed E-state index contributed by atoms with van der Waals surface area (Å²) in [5.41, 5.74) is 4.87. The van der Waals surface area contributed by atoms with E-state index in [1.54, 1.807) is 12.4 Å². The molecule has 0 fully saturated rings. The van der Waals surface area contributed by atoms with Crippen molar-refractivity contribution in [2.75, 3.05) is 0 Å². The fraction of sp³-hybridized carbons (Fsp3) is 0.222. The van der Waals surface area contributed by atoms with Crippen LogP contribution in [0.1, 0.15) is 23.0 Å². The van der Waals surface area contributed by atoms with Gasteiger partial charge in [0.05, 0.1) is 27.6 Å². The summed E-state index contributed by atoms with van der Waals surface area (Å²) in [6.45, 7) is 2.68. The number of carbonyl (C=O) groups is 1. The molecule has 1 atom stereocenters. The number of halogens is 3. The van der Waals surface area contributed by atoms with Crippen molar-refractivity contribution in [3.8, 4) is 11.3 Å². The number of aromatic nitrogens is 4. The van der Waals surface area contributed by atoms with Gasteiger partial charge in [0.15, 0.2) is 5.65 Å². The van der Waals surface area contributed by atoms with E-state index in [0.29, 0.717) is 11.4 Å². The van der Waals surface area contributed by atoms with Crippen LogP contribution < -0.4 is 5.32 Å². The molecule has 6 nitrogen and oxygen atoms in total. The lowest BCUT2D eigenvalue weighted by molar-refractivity contribution is -0.149. The zero-order valence-corrected chi connectivity index (χ0v) is 15.6. The molecule has 3 heterocycles. The fourth-order valence-corrected chi connectivity index (χ4v) is 3.67. The van der Waals surface area contributed by atoms with Crippen LogP contribution in [-0.4, -0.2) is 37.7 Å². The minimum absolute atomic E-state index is 0.0162. The maximum Gasteiger partial charge on any atom is 0.408 e. The Labute approximate surface area is 161 Å². The summed E-state index contributed by atoms with van der Waals surface area (Å²) in [6, 6.07) is 5.46. The Hall–Kier alpha value is -3.01. The van der Waals surface area contributed by atoms with Crippen molar-refractivity contribution >= 4 is 33.1 Å². The molecule has 1 unspecified atom stereocenters. The van der Waals surface area contributed by atoms with Gasteiger partial charge >= 0.3 is 6.18 Å². The van der Waals surface area contributed by atoms with Crippen LogP contribution in [0.3, 0.4) is 0 Å².